The number of nitrogens with two attached hydrogens (primary N) is 1. The second-order valence-corrected chi connectivity index (χ2v) is 5.55. The molecule has 3 rings (SSSR count). The molecule has 0 saturated heterocycles. The summed E-state index contributed by atoms with van der Waals surface area (Å²) in [5.74, 6) is 0.345. The number of halogens is 1. The number of aliphatic imine (C=N–C) groups is 1. The Labute approximate surface area is 119 Å². The van der Waals surface area contributed by atoms with Gasteiger partial charge in [0.2, 0.25) is 0 Å². The minimum atomic E-state index is -0.189. The summed E-state index contributed by atoms with van der Waals surface area (Å²) in [6.07, 6.45) is 5.59. The van der Waals surface area contributed by atoms with Crippen LogP contribution in [0.25, 0.3) is 0 Å². The first-order valence-electron chi connectivity index (χ1n) is 5.95. The smallest absolute Gasteiger partial charge is 0.272 e. The first-order valence-corrected chi connectivity index (χ1v) is 6.75. The average molecular weight is 324 g/mol. The Hall–Kier alpha value is -1.76. The molecule has 3 N–H and O–H groups in total. The van der Waals surface area contributed by atoms with Crippen molar-refractivity contribution in [2.24, 2.45) is 17.8 Å². The SMILES string of the molecule is Cn1cc(Br)cc1C(=O)N1CC=CC2N=C(N)NC21. The zero-order valence-electron chi connectivity index (χ0n) is 10.4. The molecule has 100 valence electrons. The fourth-order valence-corrected chi connectivity index (χ4v) is 2.96. The topological polar surface area (TPSA) is 75.7 Å². The maximum Gasteiger partial charge on any atom is 0.272 e. The van der Waals surface area contributed by atoms with Crippen LogP contribution < -0.4 is 11.1 Å². The summed E-state index contributed by atoms with van der Waals surface area (Å²) >= 11 is 3.38. The molecule has 1 amide bonds. The van der Waals surface area contributed by atoms with Crippen LogP contribution in [0.15, 0.2) is 33.9 Å². The summed E-state index contributed by atoms with van der Waals surface area (Å²) in [5, 5.41) is 3.04. The Kier molecular flexibility index (Phi) is 2.85. The number of nitrogens with zero attached hydrogens (tertiary/aromatic N) is 3. The molecule has 1 aromatic heterocycles. The van der Waals surface area contributed by atoms with E-state index in [-0.39, 0.29) is 18.1 Å². The number of rotatable bonds is 1. The van der Waals surface area contributed by atoms with E-state index in [9.17, 15) is 4.79 Å². The molecular weight excluding hydrogens is 310 g/mol. The molecule has 0 fully saturated rings. The molecule has 2 aliphatic rings. The third-order valence-corrected chi connectivity index (χ3v) is 3.76. The summed E-state index contributed by atoms with van der Waals surface area (Å²) in [4.78, 5) is 18.6. The Balaban J connectivity index is 1.89. The van der Waals surface area contributed by atoms with Gasteiger partial charge in [-0.3, -0.25) is 4.79 Å². The van der Waals surface area contributed by atoms with Crippen LogP contribution in [0.2, 0.25) is 0 Å². The molecular formula is C12H14BrN5O. The number of nitrogens with one attached hydrogen (secondary N) is 1. The van der Waals surface area contributed by atoms with Crippen molar-refractivity contribution in [3.05, 3.63) is 34.6 Å². The monoisotopic (exact) mass is 323 g/mol. The third kappa shape index (κ3) is 2.03. The van der Waals surface area contributed by atoms with Gasteiger partial charge in [-0.1, -0.05) is 12.2 Å². The maximum atomic E-state index is 12.6. The lowest BCUT2D eigenvalue weighted by molar-refractivity contribution is 0.0664. The van der Waals surface area contributed by atoms with Crippen molar-refractivity contribution in [1.29, 1.82) is 0 Å². The van der Waals surface area contributed by atoms with Crippen LogP contribution in [0.3, 0.4) is 0 Å². The number of amides is 1. The largest absolute Gasteiger partial charge is 0.370 e. The van der Waals surface area contributed by atoms with E-state index in [2.05, 4.69) is 26.2 Å². The van der Waals surface area contributed by atoms with Gasteiger partial charge in [0.1, 0.15) is 17.9 Å². The van der Waals surface area contributed by atoms with Crippen molar-refractivity contribution in [1.82, 2.24) is 14.8 Å². The molecule has 0 radical (unpaired) electrons. The van der Waals surface area contributed by atoms with E-state index in [0.29, 0.717) is 18.2 Å². The number of fused-ring (bicyclic) bond motifs is 1. The minimum absolute atomic E-state index is 0.0371. The normalized spacial score (nSPS) is 24.9. The van der Waals surface area contributed by atoms with Gasteiger partial charge in [-0.15, -0.1) is 0 Å². The average Bonchev–Trinajstić information content (AvgIpc) is 2.89. The number of aromatic nitrogens is 1. The van der Waals surface area contributed by atoms with Crippen LogP contribution in [-0.4, -0.2) is 40.1 Å². The van der Waals surface area contributed by atoms with Crippen molar-refractivity contribution < 1.29 is 4.79 Å². The lowest BCUT2D eigenvalue weighted by Crippen LogP contribution is -2.54. The molecule has 1 aromatic rings. The molecule has 2 aliphatic heterocycles. The fraction of sp³-hybridized carbons (Fsp3) is 0.333. The van der Waals surface area contributed by atoms with Crippen molar-refractivity contribution >= 4 is 27.8 Å². The minimum Gasteiger partial charge on any atom is -0.370 e. The van der Waals surface area contributed by atoms with Crippen LogP contribution in [0.5, 0.6) is 0 Å². The van der Waals surface area contributed by atoms with E-state index in [1.165, 1.54) is 0 Å². The highest BCUT2D eigenvalue weighted by atomic mass is 79.9. The second-order valence-electron chi connectivity index (χ2n) is 4.63. The molecule has 3 heterocycles. The maximum absolute atomic E-state index is 12.6. The fourth-order valence-electron chi connectivity index (χ4n) is 2.44. The van der Waals surface area contributed by atoms with E-state index in [4.69, 9.17) is 5.73 Å². The molecule has 2 atom stereocenters. The van der Waals surface area contributed by atoms with Crippen LogP contribution in [-0.2, 0) is 7.05 Å². The van der Waals surface area contributed by atoms with Crippen LogP contribution in [0.1, 0.15) is 10.5 Å². The molecule has 7 heteroatoms. The summed E-state index contributed by atoms with van der Waals surface area (Å²) in [5.41, 5.74) is 6.32. The third-order valence-electron chi connectivity index (χ3n) is 3.33. The Bertz CT molecular complexity index is 591. The molecule has 0 aromatic carbocycles. The zero-order valence-corrected chi connectivity index (χ0v) is 12.0. The summed E-state index contributed by atoms with van der Waals surface area (Å²) in [6.45, 7) is 0.554. The van der Waals surface area contributed by atoms with E-state index in [1.807, 2.05) is 31.5 Å². The Morgan fingerprint density at radius 1 is 1.63 bits per heavy atom. The number of carbonyl (C=O) groups excluding carboxylic acids is 1. The number of hydrogen-bond donors (Lipinski definition) is 2. The molecule has 6 nitrogen and oxygen atoms in total. The van der Waals surface area contributed by atoms with Gasteiger partial charge in [-0.25, -0.2) is 4.99 Å². The van der Waals surface area contributed by atoms with E-state index < -0.39 is 0 Å². The van der Waals surface area contributed by atoms with E-state index in [0.717, 1.165) is 4.47 Å². The van der Waals surface area contributed by atoms with Crippen LogP contribution in [0, 0.1) is 0 Å². The van der Waals surface area contributed by atoms with Crippen molar-refractivity contribution in [2.75, 3.05) is 6.54 Å². The number of guanidine groups is 1. The van der Waals surface area contributed by atoms with Crippen molar-refractivity contribution in [3.8, 4) is 0 Å². The second kappa shape index (κ2) is 4.41. The van der Waals surface area contributed by atoms with Gasteiger partial charge in [-0.05, 0) is 22.0 Å². The first-order chi connectivity index (χ1) is 9.06. The van der Waals surface area contributed by atoms with Gasteiger partial charge < -0.3 is 20.5 Å². The van der Waals surface area contributed by atoms with Crippen molar-refractivity contribution in [3.63, 3.8) is 0 Å². The summed E-state index contributed by atoms with van der Waals surface area (Å²) in [7, 11) is 1.85. The number of carbonyl (C=O) groups is 1. The van der Waals surface area contributed by atoms with Crippen LogP contribution in [0.4, 0.5) is 0 Å². The molecule has 0 saturated carbocycles. The quantitative estimate of drug-likeness (QED) is 0.735. The predicted molar refractivity (Wildman–Crippen MR) is 75.6 cm³/mol. The molecule has 0 bridgehead atoms. The lowest BCUT2D eigenvalue weighted by atomic mass is 10.1. The Morgan fingerprint density at radius 3 is 3.11 bits per heavy atom. The van der Waals surface area contributed by atoms with Gasteiger partial charge >= 0.3 is 0 Å². The predicted octanol–water partition coefficient (Wildman–Crippen LogP) is 0.412. The summed E-state index contributed by atoms with van der Waals surface area (Å²) in [6, 6.07) is 1.72. The lowest BCUT2D eigenvalue weighted by Gasteiger charge is -2.33. The van der Waals surface area contributed by atoms with E-state index in [1.54, 1.807) is 9.47 Å². The zero-order chi connectivity index (χ0) is 13.6. The Morgan fingerprint density at radius 2 is 2.42 bits per heavy atom. The summed E-state index contributed by atoms with van der Waals surface area (Å²) < 4.78 is 2.69. The molecule has 0 aliphatic carbocycles. The van der Waals surface area contributed by atoms with E-state index >= 15 is 0 Å². The first kappa shape index (κ1) is 12.3. The van der Waals surface area contributed by atoms with Gasteiger partial charge in [0, 0.05) is 24.3 Å². The molecule has 19 heavy (non-hydrogen) atoms. The van der Waals surface area contributed by atoms with Crippen LogP contribution >= 0.6 is 15.9 Å². The van der Waals surface area contributed by atoms with Gasteiger partial charge in [0.05, 0.1) is 0 Å². The highest BCUT2D eigenvalue weighted by molar-refractivity contribution is 9.10. The number of aryl methyl sites for hydroxylation is 1. The standard InChI is InChI=1S/C12H14BrN5O/c1-17-6-7(13)5-9(17)11(19)18-4-2-3-8-10(18)16-12(14)15-8/h2-3,5-6,8,10H,4H2,1H3,(H3,14,15,16). The highest BCUT2D eigenvalue weighted by Crippen LogP contribution is 2.21. The highest BCUT2D eigenvalue weighted by Gasteiger charge is 2.36. The van der Waals surface area contributed by atoms with Gasteiger partial charge in [-0.2, -0.15) is 0 Å². The molecule has 2 unspecified atom stereocenters. The van der Waals surface area contributed by atoms with Crippen molar-refractivity contribution in [2.45, 2.75) is 12.2 Å². The number of hydrogen-bond acceptors (Lipinski definition) is 4. The van der Waals surface area contributed by atoms with Gasteiger partial charge in [0.25, 0.3) is 5.91 Å². The molecule has 0 spiro atoms. The van der Waals surface area contributed by atoms with Gasteiger partial charge in [0.15, 0.2) is 5.96 Å².